The Hall–Kier alpha value is -3.54. The second-order valence-corrected chi connectivity index (χ2v) is 12.6. The zero-order chi connectivity index (χ0) is 31.4. The molecule has 4 aromatic carbocycles. The van der Waals surface area contributed by atoms with Crippen molar-refractivity contribution >= 4 is 15.6 Å². The first-order valence-corrected chi connectivity index (χ1v) is 17.8. The highest BCUT2D eigenvalue weighted by Gasteiger charge is 2.31. The first kappa shape index (κ1) is 34.9. The van der Waals surface area contributed by atoms with E-state index in [1.165, 1.54) is 0 Å². The van der Waals surface area contributed by atoms with Gasteiger partial charge in [-0.25, -0.2) is 9.13 Å². The molecule has 0 aromatic heterocycles. The summed E-state index contributed by atoms with van der Waals surface area (Å²) in [6.07, 6.45) is 5.78. The molecule has 0 aliphatic carbocycles. The molecule has 0 fully saturated rings. The minimum absolute atomic E-state index is 0.338. The summed E-state index contributed by atoms with van der Waals surface area (Å²) in [5, 5.41) is 0. The van der Waals surface area contributed by atoms with Crippen LogP contribution < -0.4 is 18.1 Å². The first-order valence-electron chi connectivity index (χ1n) is 14.9. The van der Waals surface area contributed by atoms with Crippen molar-refractivity contribution in [3.05, 3.63) is 121 Å². The number of hydrogen-bond donors (Lipinski definition) is 0. The molecule has 0 N–H and O–H groups in total. The number of para-hydroxylation sites is 4. The van der Waals surface area contributed by atoms with Gasteiger partial charge in [-0.2, -0.15) is 0 Å². The van der Waals surface area contributed by atoms with E-state index in [9.17, 15) is 9.13 Å². The third-order valence-corrected chi connectivity index (χ3v) is 8.57. The van der Waals surface area contributed by atoms with Crippen LogP contribution in [-0.2, 0) is 18.2 Å². The highest BCUT2D eigenvalue weighted by atomic mass is 31.2. The van der Waals surface area contributed by atoms with Gasteiger partial charge in [0.25, 0.3) is 0 Å². The van der Waals surface area contributed by atoms with Gasteiger partial charge in [-0.15, -0.1) is 0 Å². The molecule has 0 amide bonds. The topological polar surface area (TPSA) is 89.5 Å². The molecule has 0 unspecified atom stereocenters. The number of phosphoric ester groups is 2. The largest absolute Gasteiger partial charge is 0.587 e. The fraction of sp³-hybridized carbons (Fsp3) is 0.294. The summed E-state index contributed by atoms with van der Waals surface area (Å²) in [6, 6.07) is 35.6. The summed E-state index contributed by atoms with van der Waals surface area (Å²) in [4.78, 5) is 0. The fourth-order valence-corrected chi connectivity index (χ4v) is 6.15. The molecule has 8 nitrogen and oxygen atoms in total. The highest BCUT2D eigenvalue weighted by Crippen LogP contribution is 2.50. The van der Waals surface area contributed by atoms with Gasteiger partial charge >= 0.3 is 15.6 Å². The van der Waals surface area contributed by atoms with Gasteiger partial charge in [0.05, 0.1) is 13.2 Å². The van der Waals surface area contributed by atoms with Gasteiger partial charge in [0.2, 0.25) is 0 Å². The number of rotatable bonds is 18. The minimum atomic E-state index is -3.70. The van der Waals surface area contributed by atoms with Gasteiger partial charge < -0.3 is 18.1 Å². The van der Waals surface area contributed by atoms with E-state index >= 15 is 0 Å². The Morgan fingerprint density at radius 1 is 0.409 bits per heavy atom. The van der Waals surface area contributed by atoms with Gasteiger partial charge in [0.1, 0.15) is 23.0 Å². The second-order valence-electron chi connectivity index (χ2n) is 9.59. The van der Waals surface area contributed by atoms with Crippen LogP contribution in [0.2, 0.25) is 0 Å². The van der Waals surface area contributed by atoms with Crippen molar-refractivity contribution in [2.24, 2.45) is 0 Å². The summed E-state index contributed by atoms with van der Waals surface area (Å²) in [6.45, 7) is 4.87. The third-order valence-electron chi connectivity index (χ3n) is 5.84. The van der Waals surface area contributed by atoms with Crippen molar-refractivity contribution in [2.45, 2.75) is 52.4 Å². The first-order chi connectivity index (χ1) is 21.4. The average molecular weight is 641 g/mol. The molecule has 4 aromatic rings. The fourth-order valence-electron chi connectivity index (χ4n) is 3.64. The Morgan fingerprint density at radius 3 is 0.886 bits per heavy atom. The van der Waals surface area contributed by atoms with Gasteiger partial charge in [0.15, 0.2) is 0 Å². The van der Waals surface area contributed by atoms with E-state index in [4.69, 9.17) is 27.1 Å². The van der Waals surface area contributed by atoms with Crippen LogP contribution in [0.25, 0.3) is 0 Å². The molecule has 10 heteroatoms. The Balaban J connectivity index is 0.000000240. The molecule has 0 heterocycles. The predicted octanol–water partition coefficient (Wildman–Crippen LogP) is 10.9. The van der Waals surface area contributed by atoms with Crippen molar-refractivity contribution in [1.82, 2.24) is 0 Å². The van der Waals surface area contributed by atoms with E-state index in [1.54, 1.807) is 97.1 Å². The summed E-state index contributed by atoms with van der Waals surface area (Å²) in [5.74, 6) is 1.82. The van der Waals surface area contributed by atoms with Crippen molar-refractivity contribution in [1.29, 1.82) is 0 Å². The van der Waals surface area contributed by atoms with Gasteiger partial charge in [0, 0.05) is 0 Å². The Morgan fingerprint density at radius 2 is 0.659 bits per heavy atom. The molecule has 236 valence electrons. The molecule has 0 aliphatic heterocycles. The normalized spacial score (nSPS) is 11.1. The van der Waals surface area contributed by atoms with E-state index in [0.717, 1.165) is 38.5 Å². The van der Waals surface area contributed by atoms with Crippen LogP contribution in [0.4, 0.5) is 0 Å². The SMILES string of the molecule is CCCCCOP(=O)(Oc1ccccc1)Oc1ccccc1.CCCCCOP(=O)(Oc1ccccc1)Oc1ccccc1. The monoisotopic (exact) mass is 640 g/mol. The molecule has 0 bridgehead atoms. The van der Waals surface area contributed by atoms with Gasteiger partial charge in [-0.3, -0.25) is 9.05 Å². The summed E-state index contributed by atoms with van der Waals surface area (Å²) in [7, 11) is -7.41. The zero-order valence-electron chi connectivity index (χ0n) is 25.4. The molecule has 4 rings (SSSR count). The molecule has 0 saturated carbocycles. The molecular weight excluding hydrogens is 598 g/mol. The van der Waals surface area contributed by atoms with Gasteiger partial charge in [-0.1, -0.05) is 112 Å². The lowest BCUT2D eigenvalue weighted by Crippen LogP contribution is -2.06. The predicted molar refractivity (Wildman–Crippen MR) is 174 cm³/mol. The Bertz CT molecular complexity index is 1190. The Labute approximate surface area is 261 Å². The van der Waals surface area contributed by atoms with E-state index < -0.39 is 15.6 Å². The molecule has 44 heavy (non-hydrogen) atoms. The zero-order valence-corrected chi connectivity index (χ0v) is 27.2. The summed E-state index contributed by atoms with van der Waals surface area (Å²) >= 11 is 0. The standard InChI is InChI=1S/2C17H21O4P/c2*1-2-3-10-15-19-22(18,20-16-11-6-4-7-12-16)21-17-13-8-5-9-14-17/h2*4-9,11-14H,2-3,10,15H2,1H3. The molecule has 0 saturated heterocycles. The maximum atomic E-state index is 12.8. The second kappa shape index (κ2) is 19.7. The number of hydrogen-bond acceptors (Lipinski definition) is 8. The number of unbranched alkanes of at least 4 members (excludes halogenated alkanes) is 4. The molecule has 0 atom stereocenters. The Kier molecular flexibility index (Phi) is 15.6. The molecular formula is C34H42O8P2. The lowest BCUT2D eigenvalue weighted by molar-refractivity contribution is 0.204. The highest BCUT2D eigenvalue weighted by molar-refractivity contribution is 7.49. The van der Waals surface area contributed by atoms with Crippen LogP contribution in [0.3, 0.4) is 0 Å². The molecule has 0 radical (unpaired) electrons. The lowest BCUT2D eigenvalue weighted by atomic mass is 10.3. The molecule has 0 aliphatic rings. The van der Waals surface area contributed by atoms with Crippen LogP contribution in [-0.4, -0.2) is 13.2 Å². The van der Waals surface area contributed by atoms with Crippen LogP contribution in [0.1, 0.15) is 52.4 Å². The van der Waals surface area contributed by atoms with Gasteiger partial charge in [-0.05, 0) is 61.4 Å². The maximum Gasteiger partial charge on any atom is 0.587 e. The lowest BCUT2D eigenvalue weighted by Gasteiger charge is -2.19. The summed E-state index contributed by atoms with van der Waals surface area (Å²) in [5.41, 5.74) is 0. The van der Waals surface area contributed by atoms with Crippen LogP contribution >= 0.6 is 15.6 Å². The van der Waals surface area contributed by atoms with E-state index in [1.807, 2.05) is 24.3 Å². The van der Waals surface area contributed by atoms with E-state index in [-0.39, 0.29) is 0 Å². The van der Waals surface area contributed by atoms with Crippen molar-refractivity contribution in [3.8, 4) is 23.0 Å². The number of phosphoric acid groups is 2. The van der Waals surface area contributed by atoms with Crippen LogP contribution in [0.15, 0.2) is 121 Å². The van der Waals surface area contributed by atoms with Crippen molar-refractivity contribution < 1.29 is 36.3 Å². The number of benzene rings is 4. The van der Waals surface area contributed by atoms with Crippen molar-refractivity contribution in [3.63, 3.8) is 0 Å². The van der Waals surface area contributed by atoms with E-state index in [2.05, 4.69) is 13.8 Å². The van der Waals surface area contributed by atoms with E-state index in [0.29, 0.717) is 36.2 Å². The molecule has 0 spiro atoms. The smallest absolute Gasteiger partial charge is 0.395 e. The maximum absolute atomic E-state index is 12.8. The third kappa shape index (κ3) is 13.8. The van der Waals surface area contributed by atoms with Crippen LogP contribution in [0, 0.1) is 0 Å². The quantitative estimate of drug-likeness (QED) is 0.0784. The van der Waals surface area contributed by atoms with Crippen molar-refractivity contribution in [2.75, 3.05) is 13.2 Å². The summed E-state index contributed by atoms with van der Waals surface area (Å²) < 4.78 is 58.6. The average Bonchev–Trinajstić information content (AvgIpc) is 3.04. The van der Waals surface area contributed by atoms with Crippen LogP contribution in [0.5, 0.6) is 23.0 Å². The minimum Gasteiger partial charge on any atom is -0.395 e.